The second kappa shape index (κ2) is 6.02. The molecule has 0 N–H and O–H groups in total. The van der Waals surface area contributed by atoms with Crippen molar-refractivity contribution in [1.29, 1.82) is 0 Å². The van der Waals surface area contributed by atoms with Crippen molar-refractivity contribution in [3.8, 4) is 0 Å². The Kier molecular flexibility index (Phi) is 4.46. The Morgan fingerprint density at radius 3 is 1.42 bits per heavy atom. The Labute approximate surface area is 145 Å². The van der Waals surface area contributed by atoms with Gasteiger partial charge in [-0.1, -0.05) is 0 Å². The van der Waals surface area contributed by atoms with E-state index in [1.165, 1.54) is 0 Å². The quantitative estimate of drug-likeness (QED) is 0.543. The van der Waals surface area contributed by atoms with E-state index in [1.54, 1.807) is 0 Å². The van der Waals surface area contributed by atoms with Gasteiger partial charge in [-0.05, 0) is 50.4 Å². The summed E-state index contributed by atoms with van der Waals surface area (Å²) in [4.78, 5) is 24.7. The van der Waals surface area contributed by atoms with Gasteiger partial charge in [-0.25, -0.2) is 0 Å². The molecular formula is C16H18F6O4. The van der Waals surface area contributed by atoms with Gasteiger partial charge in [0, 0.05) is 0 Å². The fourth-order valence-corrected chi connectivity index (χ4v) is 5.34. The van der Waals surface area contributed by atoms with E-state index in [-0.39, 0.29) is 18.3 Å². The number of carbonyl (C=O) groups is 2. The summed E-state index contributed by atoms with van der Waals surface area (Å²) in [5.74, 6) is -2.24. The predicted molar refractivity (Wildman–Crippen MR) is 73.6 cm³/mol. The largest absolute Gasteiger partial charge is 0.456 e. The highest BCUT2D eigenvalue weighted by Crippen LogP contribution is 2.66. The van der Waals surface area contributed by atoms with Crippen molar-refractivity contribution in [2.75, 3.05) is 13.2 Å². The van der Waals surface area contributed by atoms with E-state index in [0.29, 0.717) is 32.1 Å². The van der Waals surface area contributed by atoms with Gasteiger partial charge in [0.2, 0.25) is 0 Å². The molecule has 4 nitrogen and oxygen atoms in total. The molecule has 4 bridgehead atoms. The lowest BCUT2D eigenvalue weighted by Gasteiger charge is -2.59. The molecule has 148 valence electrons. The molecule has 4 rings (SSSR count). The molecule has 0 aromatic rings. The van der Waals surface area contributed by atoms with Crippen molar-refractivity contribution >= 4 is 11.9 Å². The lowest BCUT2D eigenvalue weighted by molar-refractivity contribution is -0.218. The number of alkyl halides is 6. The van der Waals surface area contributed by atoms with Crippen LogP contribution >= 0.6 is 0 Å². The van der Waals surface area contributed by atoms with Gasteiger partial charge < -0.3 is 9.47 Å². The normalized spacial score (nSPS) is 36.1. The third kappa shape index (κ3) is 3.78. The van der Waals surface area contributed by atoms with Crippen molar-refractivity contribution < 1.29 is 45.4 Å². The molecule has 4 aliphatic rings. The van der Waals surface area contributed by atoms with E-state index in [2.05, 4.69) is 9.47 Å². The predicted octanol–water partition coefficient (Wildman–Crippen LogP) is 3.78. The average molecular weight is 388 g/mol. The summed E-state index contributed by atoms with van der Waals surface area (Å²) in [7, 11) is 0. The van der Waals surface area contributed by atoms with Crippen LogP contribution in [-0.2, 0) is 19.1 Å². The van der Waals surface area contributed by atoms with E-state index >= 15 is 0 Å². The Morgan fingerprint density at radius 1 is 0.769 bits per heavy atom. The lowest BCUT2D eigenvalue weighted by atomic mass is 9.44. The van der Waals surface area contributed by atoms with E-state index in [0.717, 1.165) is 0 Å². The zero-order valence-electron chi connectivity index (χ0n) is 13.7. The lowest BCUT2D eigenvalue weighted by Crippen LogP contribution is -2.58. The van der Waals surface area contributed by atoms with Crippen LogP contribution in [0, 0.1) is 22.7 Å². The average Bonchev–Trinajstić information content (AvgIpc) is 2.47. The second-order valence-electron chi connectivity index (χ2n) is 7.90. The van der Waals surface area contributed by atoms with Gasteiger partial charge in [0.05, 0.1) is 10.8 Å². The highest BCUT2D eigenvalue weighted by Gasteiger charge is 2.64. The number of ether oxygens (including phenoxy) is 2. The van der Waals surface area contributed by atoms with Gasteiger partial charge in [0.25, 0.3) is 0 Å². The second-order valence-corrected chi connectivity index (χ2v) is 7.90. The number of hydrogen-bond acceptors (Lipinski definition) is 4. The summed E-state index contributed by atoms with van der Waals surface area (Å²) < 4.78 is 82.9. The number of carbonyl (C=O) groups excluding carboxylic acids is 2. The summed E-state index contributed by atoms with van der Waals surface area (Å²) in [6, 6.07) is 0. The highest BCUT2D eigenvalue weighted by atomic mass is 19.4. The molecule has 0 saturated heterocycles. The maximum absolute atomic E-state index is 12.4. The molecule has 26 heavy (non-hydrogen) atoms. The molecule has 4 aliphatic carbocycles. The molecule has 0 radical (unpaired) electrons. The van der Waals surface area contributed by atoms with Crippen molar-refractivity contribution in [3.63, 3.8) is 0 Å². The monoisotopic (exact) mass is 388 g/mol. The molecular weight excluding hydrogens is 370 g/mol. The summed E-state index contributed by atoms with van der Waals surface area (Å²) in [5.41, 5.74) is -2.49. The molecule has 0 aliphatic heterocycles. The summed E-state index contributed by atoms with van der Waals surface area (Å²) in [6.07, 6.45) is -7.53. The molecule has 0 aromatic heterocycles. The number of hydrogen-bond donors (Lipinski definition) is 0. The smallest absolute Gasteiger partial charge is 0.422 e. The Balaban J connectivity index is 1.76. The van der Waals surface area contributed by atoms with Gasteiger partial charge >= 0.3 is 24.3 Å². The van der Waals surface area contributed by atoms with Crippen LogP contribution in [0.5, 0.6) is 0 Å². The fraction of sp³-hybridized carbons (Fsp3) is 0.875. The molecule has 4 fully saturated rings. The SMILES string of the molecule is O=C(OCC(F)(F)F)C12CC3CC(C1)CC(C(=O)OCC(F)(F)F)(C3)C2. The first-order valence-corrected chi connectivity index (χ1v) is 8.31. The molecule has 10 heteroatoms. The summed E-state index contributed by atoms with van der Waals surface area (Å²) >= 11 is 0. The maximum atomic E-state index is 12.4. The minimum atomic E-state index is -4.67. The van der Waals surface area contributed by atoms with Gasteiger partial charge in [-0.3, -0.25) is 9.59 Å². The first kappa shape index (κ1) is 19.3. The number of rotatable bonds is 4. The minimum absolute atomic E-state index is 0.104. The van der Waals surface area contributed by atoms with Gasteiger partial charge in [0.1, 0.15) is 0 Å². The van der Waals surface area contributed by atoms with E-state index in [9.17, 15) is 35.9 Å². The molecule has 4 saturated carbocycles. The van der Waals surface area contributed by atoms with Crippen molar-refractivity contribution in [2.24, 2.45) is 22.7 Å². The van der Waals surface area contributed by atoms with E-state index in [4.69, 9.17) is 0 Å². The van der Waals surface area contributed by atoms with Crippen molar-refractivity contribution in [1.82, 2.24) is 0 Å². The van der Waals surface area contributed by atoms with Gasteiger partial charge in [0.15, 0.2) is 13.2 Å². The zero-order valence-corrected chi connectivity index (χ0v) is 13.7. The van der Waals surface area contributed by atoms with Crippen LogP contribution < -0.4 is 0 Å². The Hall–Kier alpha value is -1.48. The Bertz CT molecular complexity index is 535. The standard InChI is InChI=1S/C16H18F6O4/c17-15(18,19)7-25-11(23)13-2-9-1-10(4-13)5-14(3-9,6-13)12(24)26-8-16(20,21)22/h9-10H,1-8H2. The van der Waals surface area contributed by atoms with Crippen LogP contribution in [0.2, 0.25) is 0 Å². The Morgan fingerprint density at radius 2 is 1.12 bits per heavy atom. The minimum Gasteiger partial charge on any atom is -0.456 e. The van der Waals surface area contributed by atoms with Crippen LogP contribution in [0.1, 0.15) is 38.5 Å². The van der Waals surface area contributed by atoms with Gasteiger partial charge in [-0.2, -0.15) is 26.3 Å². The van der Waals surface area contributed by atoms with Crippen LogP contribution in [-0.4, -0.2) is 37.5 Å². The maximum Gasteiger partial charge on any atom is 0.422 e. The third-order valence-corrected chi connectivity index (χ3v) is 5.66. The highest BCUT2D eigenvalue weighted by molar-refractivity contribution is 5.83. The molecule has 0 unspecified atom stereocenters. The molecule has 0 atom stereocenters. The topological polar surface area (TPSA) is 52.6 Å². The van der Waals surface area contributed by atoms with Gasteiger partial charge in [-0.15, -0.1) is 0 Å². The fourth-order valence-electron chi connectivity index (χ4n) is 5.34. The summed E-state index contributed by atoms with van der Waals surface area (Å²) in [6.45, 7) is -3.43. The molecule has 0 amide bonds. The van der Waals surface area contributed by atoms with Crippen LogP contribution in [0.15, 0.2) is 0 Å². The van der Waals surface area contributed by atoms with Crippen molar-refractivity contribution in [2.45, 2.75) is 50.9 Å². The van der Waals surface area contributed by atoms with E-state index in [1.807, 2.05) is 0 Å². The zero-order chi connectivity index (χ0) is 19.4. The summed E-state index contributed by atoms with van der Waals surface area (Å²) in [5, 5.41) is 0. The number of esters is 2. The van der Waals surface area contributed by atoms with Crippen LogP contribution in [0.4, 0.5) is 26.3 Å². The molecule has 0 spiro atoms. The first-order chi connectivity index (χ1) is 11.8. The van der Waals surface area contributed by atoms with Crippen LogP contribution in [0.3, 0.4) is 0 Å². The third-order valence-electron chi connectivity index (χ3n) is 5.66. The molecule has 0 heterocycles. The van der Waals surface area contributed by atoms with Crippen molar-refractivity contribution in [3.05, 3.63) is 0 Å². The first-order valence-electron chi connectivity index (χ1n) is 8.31. The van der Waals surface area contributed by atoms with E-state index < -0.39 is 48.3 Å². The van der Waals surface area contributed by atoms with Crippen LogP contribution in [0.25, 0.3) is 0 Å². The number of halogens is 6. The molecule has 0 aromatic carbocycles.